The molecule has 8 nitrogen and oxygen atoms in total. The van der Waals surface area contributed by atoms with Crippen molar-refractivity contribution in [3.05, 3.63) is 35.4 Å². The number of carbonyl (C=O) groups is 4. The van der Waals surface area contributed by atoms with Crippen LogP contribution in [0.1, 0.15) is 12.0 Å². The predicted molar refractivity (Wildman–Crippen MR) is 86.1 cm³/mol. The first kappa shape index (κ1) is 22.0. The topological polar surface area (TPSA) is 108 Å². The first-order chi connectivity index (χ1) is 12.7. The Morgan fingerprint density at radius 3 is 2.15 bits per heavy atom. The summed E-state index contributed by atoms with van der Waals surface area (Å²) in [5, 5.41) is 2.22. The SMILES string of the molecule is COC(=O)C[C@@H](C(=O)OC)[C@H](NC(=O)Cc1ccc(F)cc1F)C(=O)OC. The highest BCUT2D eigenvalue weighted by Gasteiger charge is 2.38. The van der Waals surface area contributed by atoms with Crippen LogP contribution >= 0.6 is 0 Å². The first-order valence-corrected chi connectivity index (χ1v) is 7.69. The molecule has 0 saturated heterocycles. The van der Waals surface area contributed by atoms with Gasteiger partial charge in [-0.3, -0.25) is 14.4 Å². The van der Waals surface area contributed by atoms with Gasteiger partial charge in [-0.15, -0.1) is 0 Å². The number of ether oxygens (including phenoxy) is 3. The summed E-state index contributed by atoms with van der Waals surface area (Å²) < 4.78 is 40.2. The van der Waals surface area contributed by atoms with Crippen LogP contribution in [0, 0.1) is 17.6 Å². The fraction of sp³-hybridized carbons (Fsp3) is 0.412. The van der Waals surface area contributed by atoms with Gasteiger partial charge < -0.3 is 19.5 Å². The first-order valence-electron chi connectivity index (χ1n) is 7.69. The van der Waals surface area contributed by atoms with Gasteiger partial charge in [0.2, 0.25) is 5.91 Å². The highest BCUT2D eigenvalue weighted by Crippen LogP contribution is 2.16. The molecule has 0 heterocycles. The van der Waals surface area contributed by atoms with Gasteiger partial charge in [-0.05, 0) is 11.6 Å². The number of carbonyl (C=O) groups excluding carboxylic acids is 4. The van der Waals surface area contributed by atoms with Crippen LogP contribution in [0.4, 0.5) is 8.78 Å². The van der Waals surface area contributed by atoms with Crippen molar-refractivity contribution >= 4 is 23.8 Å². The highest BCUT2D eigenvalue weighted by atomic mass is 19.1. The molecule has 0 aliphatic rings. The number of halogens is 2. The third kappa shape index (κ3) is 6.32. The number of esters is 3. The molecule has 0 spiro atoms. The number of hydrogen-bond donors (Lipinski definition) is 1. The third-order valence-electron chi connectivity index (χ3n) is 3.66. The van der Waals surface area contributed by atoms with Crippen LogP contribution in [0.2, 0.25) is 0 Å². The molecule has 0 saturated carbocycles. The Balaban J connectivity index is 3.03. The largest absolute Gasteiger partial charge is 0.469 e. The van der Waals surface area contributed by atoms with E-state index in [4.69, 9.17) is 0 Å². The van der Waals surface area contributed by atoms with E-state index in [1.807, 2.05) is 0 Å². The van der Waals surface area contributed by atoms with Crippen molar-refractivity contribution in [3.8, 4) is 0 Å². The summed E-state index contributed by atoms with van der Waals surface area (Å²) in [5.74, 6) is -6.82. The Morgan fingerprint density at radius 2 is 1.63 bits per heavy atom. The lowest BCUT2D eigenvalue weighted by molar-refractivity contribution is -0.159. The summed E-state index contributed by atoms with van der Waals surface area (Å²) in [6.45, 7) is 0. The summed E-state index contributed by atoms with van der Waals surface area (Å²) in [6, 6.07) is 1.08. The van der Waals surface area contributed by atoms with Gasteiger partial charge in [-0.2, -0.15) is 0 Å². The van der Waals surface area contributed by atoms with Gasteiger partial charge >= 0.3 is 17.9 Å². The molecule has 2 atom stereocenters. The van der Waals surface area contributed by atoms with Crippen LogP contribution < -0.4 is 5.32 Å². The second kappa shape index (κ2) is 10.2. The Kier molecular flexibility index (Phi) is 8.31. The zero-order valence-electron chi connectivity index (χ0n) is 14.9. The van der Waals surface area contributed by atoms with Crippen molar-refractivity contribution in [2.24, 2.45) is 5.92 Å². The quantitative estimate of drug-likeness (QED) is 0.512. The van der Waals surface area contributed by atoms with Gasteiger partial charge in [0.15, 0.2) is 0 Å². The summed E-state index contributed by atoms with van der Waals surface area (Å²) in [5.41, 5.74) is -0.125. The van der Waals surface area contributed by atoms with Gasteiger partial charge in [0.25, 0.3) is 0 Å². The van der Waals surface area contributed by atoms with Gasteiger partial charge in [-0.25, -0.2) is 13.6 Å². The smallest absolute Gasteiger partial charge is 0.329 e. The molecule has 27 heavy (non-hydrogen) atoms. The molecule has 0 fully saturated rings. The lowest BCUT2D eigenvalue weighted by Gasteiger charge is -2.23. The van der Waals surface area contributed by atoms with Crippen LogP contribution in [0.25, 0.3) is 0 Å². The summed E-state index contributed by atoms with van der Waals surface area (Å²) >= 11 is 0. The van der Waals surface area contributed by atoms with Crippen LogP contribution in [0.3, 0.4) is 0 Å². The lowest BCUT2D eigenvalue weighted by atomic mass is 9.95. The van der Waals surface area contributed by atoms with E-state index in [1.165, 1.54) is 0 Å². The van der Waals surface area contributed by atoms with Crippen molar-refractivity contribution < 1.29 is 42.2 Å². The van der Waals surface area contributed by atoms with E-state index in [-0.39, 0.29) is 5.56 Å². The van der Waals surface area contributed by atoms with Crippen LogP contribution in [-0.2, 0) is 39.8 Å². The standard InChI is InChI=1S/C17H19F2NO7/c1-25-14(22)8-11(16(23)26-2)15(17(24)27-3)20-13(21)6-9-4-5-10(18)7-12(9)19/h4-5,7,11,15H,6,8H2,1-3H3,(H,20,21)/t11-,15+/m1/s1. The molecule has 1 rings (SSSR count). The molecule has 0 bridgehead atoms. The Labute approximate surface area is 153 Å². The number of rotatable bonds is 8. The molecule has 0 unspecified atom stereocenters. The summed E-state index contributed by atoms with van der Waals surface area (Å²) in [4.78, 5) is 47.7. The maximum absolute atomic E-state index is 13.7. The van der Waals surface area contributed by atoms with Crippen molar-refractivity contribution in [2.45, 2.75) is 18.9 Å². The maximum Gasteiger partial charge on any atom is 0.329 e. The monoisotopic (exact) mass is 387 g/mol. The number of amides is 1. The minimum Gasteiger partial charge on any atom is -0.469 e. The third-order valence-corrected chi connectivity index (χ3v) is 3.66. The van der Waals surface area contributed by atoms with E-state index in [1.54, 1.807) is 0 Å². The average molecular weight is 387 g/mol. The van der Waals surface area contributed by atoms with Crippen molar-refractivity contribution in [1.29, 1.82) is 0 Å². The molecule has 1 aromatic rings. The van der Waals surface area contributed by atoms with Gasteiger partial charge in [0.05, 0.1) is 40.1 Å². The predicted octanol–water partition coefficient (Wildman–Crippen LogP) is 0.517. The molecular formula is C17H19F2NO7. The van der Waals surface area contributed by atoms with Crippen molar-refractivity contribution in [1.82, 2.24) is 5.32 Å². The zero-order chi connectivity index (χ0) is 20.6. The van der Waals surface area contributed by atoms with Crippen molar-refractivity contribution in [3.63, 3.8) is 0 Å². The molecule has 1 N–H and O–H groups in total. The van der Waals surface area contributed by atoms with E-state index >= 15 is 0 Å². The van der Waals surface area contributed by atoms with E-state index in [0.717, 1.165) is 33.5 Å². The van der Waals surface area contributed by atoms with Gasteiger partial charge in [-0.1, -0.05) is 6.07 Å². The lowest BCUT2D eigenvalue weighted by Crippen LogP contribution is -2.50. The minimum atomic E-state index is -1.57. The molecule has 148 valence electrons. The minimum absolute atomic E-state index is 0.125. The van der Waals surface area contributed by atoms with Crippen LogP contribution in [0.5, 0.6) is 0 Å². The van der Waals surface area contributed by atoms with Gasteiger partial charge in [0, 0.05) is 6.07 Å². The fourth-order valence-corrected chi connectivity index (χ4v) is 2.26. The number of nitrogens with one attached hydrogen (secondary N) is 1. The Morgan fingerprint density at radius 1 is 1.00 bits per heavy atom. The van der Waals surface area contributed by atoms with E-state index in [0.29, 0.717) is 6.07 Å². The molecule has 0 aliphatic heterocycles. The second-order valence-electron chi connectivity index (χ2n) is 5.39. The zero-order valence-corrected chi connectivity index (χ0v) is 14.9. The summed E-state index contributed by atoms with van der Waals surface area (Å²) in [6.07, 6.45) is -1.10. The molecule has 1 aromatic carbocycles. The van der Waals surface area contributed by atoms with Crippen LogP contribution in [0.15, 0.2) is 18.2 Å². The summed E-state index contributed by atoms with van der Waals surface area (Å²) in [7, 11) is 3.14. The maximum atomic E-state index is 13.7. The van der Waals surface area contributed by atoms with E-state index in [9.17, 15) is 28.0 Å². The average Bonchev–Trinajstić information content (AvgIpc) is 2.65. The normalized spacial score (nSPS) is 12.5. The molecule has 10 heteroatoms. The van der Waals surface area contributed by atoms with E-state index in [2.05, 4.69) is 19.5 Å². The highest BCUT2D eigenvalue weighted by molar-refractivity contribution is 5.91. The second-order valence-corrected chi connectivity index (χ2v) is 5.39. The van der Waals surface area contributed by atoms with Crippen LogP contribution in [-0.4, -0.2) is 51.2 Å². The number of hydrogen-bond acceptors (Lipinski definition) is 7. The Bertz CT molecular complexity index is 723. The van der Waals surface area contributed by atoms with Gasteiger partial charge in [0.1, 0.15) is 17.7 Å². The fourth-order valence-electron chi connectivity index (χ4n) is 2.26. The van der Waals surface area contributed by atoms with E-state index < -0.39 is 60.3 Å². The Hall–Kier alpha value is -3.04. The molecule has 0 aliphatic carbocycles. The number of benzene rings is 1. The molecular weight excluding hydrogens is 368 g/mol. The van der Waals surface area contributed by atoms with Crippen molar-refractivity contribution in [2.75, 3.05) is 21.3 Å². The molecule has 1 amide bonds. The molecule has 0 radical (unpaired) electrons. The molecule has 0 aromatic heterocycles. The number of methoxy groups -OCH3 is 3.